The molecular formula is C13H15N3O2. The van der Waals surface area contributed by atoms with Crippen molar-refractivity contribution in [1.29, 1.82) is 5.26 Å². The second-order valence-corrected chi connectivity index (χ2v) is 4.58. The summed E-state index contributed by atoms with van der Waals surface area (Å²) in [5, 5.41) is 20.9. The summed E-state index contributed by atoms with van der Waals surface area (Å²) in [5.41, 5.74) is 0.537. The van der Waals surface area contributed by atoms with Gasteiger partial charge in [-0.15, -0.1) is 0 Å². The van der Waals surface area contributed by atoms with Gasteiger partial charge in [-0.3, -0.25) is 4.79 Å². The number of pyridine rings is 1. The Morgan fingerprint density at radius 2 is 2.11 bits per heavy atom. The molecule has 1 aromatic rings. The number of hydrogen-bond acceptors (Lipinski definition) is 4. The topological polar surface area (TPSA) is 86.0 Å². The lowest BCUT2D eigenvalue weighted by Crippen LogP contribution is -2.29. The SMILES string of the molecule is N#Cc1ccc(NC2CCC(C(=O)O)CC2)nc1. The van der Waals surface area contributed by atoms with Gasteiger partial charge in [-0.1, -0.05) is 0 Å². The molecule has 0 unspecified atom stereocenters. The zero-order chi connectivity index (χ0) is 13.0. The van der Waals surface area contributed by atoms with Crippen molar-refractivity contribution < 1.29 is 9.90 Å². The fourth-order valence-corrected chi connectivity index (χ4v) is 2.24. The second-order valence-electron chi connectivity index (χ2n) is 4.58. The predicted molar refractivity (Wildman–Crippen MR) is 66.0 cm³/mol. The Morgan fingerprint density at radius 3 is 2.61 bits per heavy atom. The molecule has 0 spiro atoms. The van der Waals surface area contributed by atoms with Gasteiger partial charge in [0.2, 0.25) is 0 Å². The first-order valence-corrected chi connectivity index (χ1v) is 6.04. The number of nitrogens with one attached hydrogen (secondary N) is 1. The van der Waals surface area contributed by atoms with Crippen molar-refractivity contribution in [2.24, 2.45) is 5.92 Å². The van der Waals surface area contributed by atoms with E-state index in [0.717, 1.165) is 18.7 Å². The van der Waals surface area contributed by atoms with Gasteiger partial charge in [0.15, 0.2) is 0 Å². The Balaban J connectivity index is 1.87. The smallest absolute Gasteiger partial charge is 0.306 e. The molecule has 0 aromatic carbocycles. The van der Waals surface area contributed by atoms with E-state index in [1.807, 2.05) is 6.07 Å². The lowest BCUT2D eigenvalue weighted by atomic mass is 9.86. The van der Waals surface area contributed by atoms with Gasteiger partial charge in [0, 0.05) is 12.2 Å². The maximum absolute atomic E-state index is 10.8. The van der Waals surface area contributed by atoms with Crippen LogP contribution in [0.4, 0.5) is 5.82 Å². The average molecular weight is 245 g/mol. The fourth-order valence-electron chi connectivity index (χ4n) is 2.24. The van der Waals surface area contributed by atoms with Crippen LogP contribution >= 0.6 is 0 Å². The Bertz CT molecular complexity index is 456. The van der Waals surface area contributed by atoms with Crippen molar-refractivity contribution in [1.82, 2.24) is 4.98 Å². The van der Waals surface area contributed by atoms with Crippen LogP contribution in [0.3, 0.4) is 0 Å². The Kier molecular flexibility index (Phi) is 3.78. The Hall–Kier alpha value is -2.09. The minimum absolute atomic E-state index is 0.197. The van der Waals surface area contributed by atoms with E-state index < -0.39 is 5.97 Å². The highest BCUT2D eigenvalue weighted by atomic mass is 16.4. The van der Waals surface area contributed by atoms with Crippen LogP contribution in [0.1, 0.15) is 31.2 Å². The highest BCUT2D eigenvalue weighted by Gasteiger charge is 2.25. The van der Waals surface area contributed by atoms with Crippen LogP contribution in [0.15, 0.2) is 18.3 Å². The average Bonchev–Trinajstić information content (AvgIpc) is 2.40. The summed E-state index contributed by atoms with van der Waals surface area (Å²) in [7, 11) is 0. The van der Waals surface area contributed by atoms with E-state index in [4.69, 9.17) is 10.4 Å². The first kappa shape index (κ1) is 12.4. The van der Waals surface area contributed by atoms with Gasteiger partial charge in [0.1, 0.15) is 11.9 Å². The van der Waals surface area contributed by atoms with Crippen molar-refractivity contribution in [3.8, 4) is 6.07 Å². The van der Waals surface area contributed by atoms with Gasteiger partial charge in [-0.05, 0) is 37.8 Å². The van der Waals surface area contributed by atoms with Gasteiger partial charge < -0.3 is 10.4 Å². The van der Waals surface area contributed by atoms with Crippen LogP contribution in [0, 0.1) is 17.2 Å². The highest BCUT2D eigenvalue weighted by Crippen LogP contribution is 2.26. The molecule has 94 valence electrons. The van der Waals surface area contributed by atoms with Crippen molar-refractivity contribution in [3.05, 3.63) is 23.9 Å². The third kappa shape index (κ3) is 2.98. The summed E-state index contributed by atoms with van der Waals surface area (Å²) in [4.78, 5) is 15.0. The standard InChI is InChI=1S/C13H15N3O2/c14-7-9-1-6-12(15-8-9)16-11-4-2-10(3-5-11)13(17)18/h1,6,8,10-11H,2-5H2,(H,15,16)(H,17,18). The summed E-state index contributed by atoms with van der Waals surface area (Å²) in [6, 6.07) is 5.80. The molecule has 0 amide bonds. The zero-order valence-electron chi connectivity index (χ0n) is 9.97. The number of hydrogen-bond donors (Lipinski definition) is 2. The first-order valence-electron chi connectivity index (χ1n) is 6.04. The van der Waals surface area contributed by atoms with Crippen molar-refractivity contribution in [2.75, 3.05) is 5.32 Å². The molecule has 1 aliphatic rings. The maximum atomic E-state index is 10.8. The largest absolute Gasteiger partial charge is 0.481 e. The molecule has 2 rings (SSSR count). The highest BCUT2D eigenvalue weighted by molar-refractivity contribution is 5.70. The number of carboxylic acid groups (broad SMARTS) is 1. The molecule has 1 fully saturated rings. The second kappa shape index (κ2) is 5.50. The lowest BCUT2D eigenvalue weighted by molar-refractivity contribution is -0.142. The van der Waals surface area contributed by atoms with E-state index in [-0.39, 0.29) is 12.0 Å². The molecule has 0 atom stereocenters. The van der Waals surface area contributed by atoms with E-state index in [1.54, 1.807) is 12.1 Å². The molecule has 1 aliphatic carbocycles. The number of rotatable bonds is 3. The minimum Gasteiger partial charge on any atom is -0.481 e. The zero-order valence-corrected chi connectivity index (χ0v) is 9.97. The van der Waals surface area contributed by atoms with Crippen LogP contribution in [0.25, 0.3) is 0 Å². The molecular weight excluding hydrogens is 230 g/mol. The number of anilines is 1. The number of nitriles is 1. The van der Waals surface area contributed by atoms with E-state index in [1.165, 1.54) is 6.20 Å². The van der Waals surface area contributed by atoms with Gasteiger partial charge in [-0.2, -0.15) is 5.26 Å². The van der Waals surface area contributed by atoms with Crippen molar-refractivity contribution in [2.45, 2.75) is 31.7 Å². The third-order valence-corrected chi connectivity index (χ3v) is 3.32. The quantitative estimate of drug-likeness (QED) is 0.850. The summed E-state index contributed by atoms with van der Waals surface area (Å²) < 4.78 is 0. The van der Waals surface area contributed by atoms with Crippen LogP contribution in [0.2, 0.25) is 0 Å². The number of nitrogens with zero attached hydrogens (tertiary/aromatic N) is 2. The first-order chi connectivity index (χ1) is 8.69. The normalized spacial score (nSPS) is 23.1. The van der Waals surface area contributed by atoms with Crippen LogP contribution in [-0.2, 0) is 4.79 Å². The van der Waals surface area contributed by atoms with E-state index >= 15 is 0 Å². The number of aliphatic carboxylic acids is 1. The molecule has 0 aliphatic heterocycles. The van der Waals surface area contributed by atoms with Crippen LogP contribution in [0.5, 0.6) is 0 Å². The molecule has 18 heavy (non-hydrogen) atoms. The number of carboxylic acids is 1. The summed E-state index contributed by atoms with van der Waals surface area (Å²) in [6.45, 7) is 0. The van der Waals surface area contributed by atoms with Crippen molar-refractivity contribution in [3.63, 3.8) is 0 Å². The van der Waals surface area contributed by atoms with Gasteiger partial charge in [-0.25, -0.2) is 4.98 Å². The summed E-state index contributed by atoms with van der Waals surface area (Å²) in [5.74, 6) is -0.144. The molecule has 0 saturated heterocycles. The molecule has 2 N–H and O–H groups in total. The molecule has 1 aromatic heterocycles. The van der Waals surface area contributed by atoms with Crippen molar-refractivity contribution >= 4 is 11.8 Å². The predicted octanol–water partition coefficient (Wildman–Crippen LogP) is 2.01. The Labute approximate surface area is 105 Å². The monoisotopic (exact) mass is 245 g/mol. The Morgan fingerprint density at radius 1 is 1.39 bits per heavy atom. The summed E-state index contributed by atoms with van der Waals surface area (Å²) in [6.07, 6.45) is 4.65. The molecule has 0 radical (unpaired) electrons. The maximum Gasteiger partial charge on any atom is 0.306 e. The third-order valence-electron chi connectivity index (χ3n) is 3.32. The number of carbonyl (C=O) groups is 1. The van der Waals surface area contributed by atoms with E-state index in [9.17, 15) is 4.79 Å². The van der Waals surface area contributed by atoms with E-state index in [0.29, 0.717) is 18.4 Å². The lowest BCUT2D eigenvalue weighted by Gasteiger charge is -2.27. The van der Waals surface area contributed by atoms with Gasteiger partial charge in [0.05, 0.1) is 11.5 Å². The van der Waals surface area contributed by atoms with E-state index in [2.05, 4.69) is 10.3 Å². The van der Waals surface area contributed by atoms with Gasteiger partial charge in [0.25, 0.3) is 0 Å². The van der Waals surface area contributed by atoms with Gasteiger partial charge >= 0.3 is 5.97 Å². The number of aromatic nitrogens is 1. The molecule has 5 nitrogen and oxygen atoms in total. The molecule has 0 bridgehead atoms. The van der Waals surface area contributed by atoms with Crippen LogP contribution < -0.4 is 5.32 Å². The molecule has 1 heterocycles. The summed E-state index contributed by atoms with van der Waals surface area (Å²) >= 11 is 0. The minimum atomic E-state index is -0.690. The molecule has 5 heteroatoms. The molecule has 1 saturated carbocycles. The fraction of sp³-hybridized carbons (Fsp3) is 0.462. The van der Waals surface area contributed by atoms with Crippen LogP contribution in [-0.4, -0.2) is 22.1 Å².